The van der Waals surface area contributed by atoms with E-state index in [-0.39, 0.29) is 30.1 Å². The highest BCUT2D eigenvalue weighted by atomic mass is 19.1. The molecule has 9 heteroatoms. The average Bonchev–Trinajstić information content (AvgIpc) is 3.39. The molecule has 5 aliphatic carbocycles. The Kier molecular flexibility index (Phi) is 6.16. The fraction of sp³-hybridized carbons (Fsp3) is 0.667. The van der Waals surface area contributed by atoms with Gasteiger partial charge in [0.2, 0.25) is 0 Å². The van der Waals surface area contributed by atoms with Gasteiger partial charge in [-0.15, -0.1) is 0 Å². The summed E-state index contributed by atoms with van der Waals surface area (Å²) in [7, 11) is 1.64. The summed E-state index contributed by atoms with van der Waals surface area (Å²) in [6, 6.07) is 0. The minimum Gasteiger partial charge on any atom is -0.501 e. The van der Waals surface area contributed by atoms with Gasteiger partial charge in [-0.05, 0) is 62.3 Å². The first kappa shape index (κ1) is 27.0. The van der Waals surface area contributed by atoms with E-state index >= 15 is 8.78 Å². The normalized spacial score (nSPS) is 46.9. The lowest BCUT2D eigenvalue weighted by atomic mass is 9.44. The molecule has 3 saturated carbocycles. The summed E-state index contributed by atoms with van der Waals surface area (Å²) >= 11 is 0. The predicted octanol–water partition coefficient (Wildman–Crippen LogP) is 3.33. The maximum atomic E-state index is 17.4. The number of aliphatic hydroxyl groups is 2. The van der Waals surface area contributed by atoms with Crippen LogP contribution < -0.4 is 0 Å². The SMILES string of the molecule is COC1=CC=C(CN2C[C@@H]3C[C@H]4[C@@H]5C[C@H](F)C6=CC(=O)C=C[C@]6(C)[C@@]5(F)[C@@H](O)C[C@]4(C)[C@]3(C(=O)CO)O2)CC1. The van der Waals surface area contributed by atoms with Gasteiger partial charge in [-0.2, -0.15) is 5.06 Å². The van der Waals surface area contributed by atoms with E-state index in [1.165, 1.54) is 18.2 Å². The van der Waals surface area contributed by atoms with E-state index in [0.717, 1.165) is 24.2 Å². The first-order valence-corrected chi connectivity index (χ1v) is 13.9. The molecular weight excluding hydrogens is 508 g/mol. The van der Waals surface area contributed by atoms with E-state index in [2.05, 4.69) is 0 Å². The first-order chi connectivity index (χ1) is 18.4. The highest BCUT2D eigenvalue weighted by Crippen LogP contribution is 2.72. The van der Waals surface area contributed by atoms with Crippen molar-refractivity contribution in [2.24, 2.45) is 28.6 Å². The van der Waals surface area contributed by atoms with Crippen molar-refractivity contribution < 1.29 is 38.2 Å². The number of carbonyl (C=O) groups is 2. The molecule has 0 unspecified atom stereocenters. The van der Waals surface area contributed by atoms with Gasteiger partial charge in [0.15, 0.2) is 22.8 Å². The van der Waals surface area contributed by atoms with Crippen molar-refractivity contribution in [1.82, 2.24) is 5.06 Å². The molecule has 1 heterocycles. The number of Topliss-reactive ketones (excluding diaryl/α,β-unsaturated/α-hetero) is 1. The number of rotatable bonds is 5. The number of fused-ring (bicyclic) bond motifs is 7. The van der Waals surface area contributed by atoms with Crippen LogP contribution in [0.1, 0.15) is 46.0 Å². The second-order valence-electron chi connectivity index (χ2n) is 12.7. The van der Waals surface area contributed by atoms with E-state index in [1.807, 2.05) is 19.1 Å². The van der Waals surface area contributed by atoms with Crippen molar-refractivity contribution in [2.45, 2.75) is 69.5 Å². The van der Waals surface area contributed by atoms with E-state index in [1.54, 1.807) is 19.1 Å². The largest absolute Gasteiger partial charge is 0.501 e. The number of carbonyl (C=O) groups excluding carboxylic acids is 2. The van der Waals surface area contributed by atoms with E-state index in [0.29, 0.717) is 19.5 Å². The molecule has 0 aromatic heterocycles. The van der Waals surface area contributed by atoms with Gasteiger partial charge in [0.25, 0.3) is 0 Å². The van der Waals surface area contributed by atoms with Crippen LogP contribution in [0.2, 0.25) is 0 Å². The maximum absolute atomic E-state index is 17.4. The molecule has 0 amide bonds. The van der Waals surface area contributed by atoms with Crippen molar-refractivity contribution in [3.8, 4) is 0 Å². The van der Waals surface area contributed by atoms with Crippen LogP contribution in [0.3, 0.4) is 0 Å². The van der Waals surface area contributed by atoms with Crippen LogP contribution in [0.15, 0.2) is 47.3 Å². The number of hydrogen-bond acceptors (Lipinski definition) is 7. The Morgan fingerprint density at radius 3 is 2.67 bits per heavy atom. The van der Waals surface area contributed by atoms with Crippen molar-refractivity contribution >= 4 is 11.6 Å². The predicted molar refractivity (Wildman–Crippen MR) is 137 cm³/mol. The summed E-state index contributed by atoms with van der Waals surface area (Å²) in [4.78, 5) is 32.2. The van der Waals surface area contributed by atoms with Crippen LogP contribution in [-0.2, 0) is 19.2 Å². The van der Waals surface area contributed by atoms with Gasteiger partial charge < -0.3 is 14.9 Å². The summed E-state index contributed by atoms with van der Waals surface area (Å²) in [5.74, 6) is -1.68. The van der Waals surface area contributed by atoms with E-state index in [4.69, 9.17) is 9.57 Å². The average molecular weight is 546 g/mol. The number of aliphatic hydroxyl groups excluding tert-OH is 2. The molecule has 0 aromatic carbocycles. The summed E-state index contributed by atoms with van der Waals surface area (Å²) in [5, 5.41) is 23.4. The summed E-state index contributed by atoms with van der Waals surface area (Å²) in [5.41, 5.74) is -4.98. The molecule has 0 bridgehead atoms. The Hall–Kier alpha value is -2.20. The van der Waals surface area contributed by atoms with Crippen LogP contribution >= 0.6 is 0 Å². The maximum Gasteiger partial charge on any atom is 0.192 e. The number of methoxy groups -OCH3 is 1. The second-order valence-corrected chi connectivity index (χ2v) is 12.7. The monoisotopic (exact) mass is 545 g/mol. The lowest BCUT2D eigenvalue weighted by Crippen LogP contribution is -2.70. The van der Waals surface area contributed by atoms with Gasteiger partial charge in [0.1, 0.15) is 12.8 Å². The quantitative estimate of drug-likeness (QED) is 0.547. The lowest BCUT2D eigenvalue weighted by Gasteiger charge is -2.63. The first-order valence-electron chi connectivity index (χ1n) is 13.9. The summed E-state index contributed by atoms with van der Waals surface area (Å²) in [6.07, 6.45) is 6.41. The molecule has 0 spiro atoms. The molecule has 39 heavy (non-hydrogen) atoms. The van der Waals surface area contributed by atoms with Crippen LogP contribution in [0.4, 0.5) is 8.78 Å². The lowest BCUT2D eigenvalue weighted by molar-refractivity contribution is -0.265. The van der Waals surface area contributed by atoms with Crippen LogP contribution in [0.25, 0.3) is 0 Å². The van der Waals surface area contributed by atoms with Gasteiger partial charge in [-0.25, -0.2) is 8.78 Å². The smallest absolute Gasteiger partial charge is 0.192 e. The van der Waals surface area contributed by atoms with E-state index < -0.39 is 58.6 Å². The van der Waals surface area contributed by atoms with Crippen molar-refractivity contribution in [3.63, 3.8) is 0 Å². The molecular formula is C30H37F2NO6. The molecule has 1 aliphatic heterocycles. The number of ether oxygens (including phenoxy) is 1. The number of allylic oxidation sites excluding steroid dienone is 7. The fourth-order valence-corrected chi connectivity index (χ4v) is 9.22. The topological polar surface area (TPSA) is 96.3 Å². The number of alkyl halides is 2. The van der Waals surface area contributed by atoms with E-state index in [9.17, 15) is 19.8 Å². The zero-order chi connectivity index (χ0) is 28.0. The third-order valence-corrected chi connectivity index (χ3v) is 11.1. The number of nitrogens with zero attached hydrogens (tertiary/aromatic N) is 1. The zero-order valence-corrected chi connectivity index (χ0v) is 22.7. The third-order valence-electron chi connectivity index (χ3n) is 11.1. The van der Waals surface area contributed by atoms with Crippen molar-refractivity contribution in [3.05, 3.63) is 47.3 Å². The highest BCUT2D eigenvalue weighted by molar-refractivity contribution is 6.01. The molecule has 2 N–H and O–H groups in total. The molecule has 6 aliphatic rings. The molecule has 212 valence electrons. The standard InChI is InChI=1S/C30H37F2NO6/c1-27-9-8-19(35)11-23(27)24(31)12-22-21-10-18-15-33(14-17-4-6-20(38-3)7-5-17)39-30(18,26(37)16-34)28(21,2)13-25(36)29(22,27)32/h4,6,8-9,11,18,21-22,24-25,34,36H,5,7,10,12-16H2,1-3H3/t18-,21-,22-,24-,25-,27-,28-,29-,30-/m0/s1. The molecule has 1 saturated heterocycles. The highest BCUT2D eigenvalue weighted by Gasteiger charge is 2.79. The Morgan fingerprint density at radius 1 is 1.23 bits per heavy atom. The van der Waals surface area contributed by atoms with Gasteiger partial charge in [0.05, 0.1) is 19.0 Å². The molecule has 4 fully saturated rings. The minimum absolute atomic E-state index is 0.0737. The number of ketones is 2. The summed E-state index contributed by atoms with van der Waals surface area (Å²) < 4.78 is 38.5. The molecule has 0 radical (unpaired) electrons. The van der Waals surface area contributed by atoms with Crippen molar-refractivity contribution in [2.75, 3.05) is 26.8 Å². The van der Waals surface area contributed by atoms with Gasteiger partial charge >= 0.3 is 0 Å². The van der Waals surface area contributed by atoms with Crippen LogP contribution in [0, 0.1) is 28.6 Å². The Morgan fingerprint density at radius 2 is 2.00 bits per heavy atom. The van der Waals surface area contributed by atoms with Crippen LogP contribution in [-0.4, -0.2) is 77.2 Å². The molecule has 0 aromatic rings. The zero-order valence-electron chi connectivity index (χ0n) is 22.7. The second kappa shape index (κ2) is 8.90. The Balaban J connectivity index is 1.36. The third kappa shape index (κ3) is 3.39. The Bertz CT molecular complexity index is 1230. The molecule has 7 nitrogen and oxygen atoms in total. The number of halogens is 2. The molecule has 6 rings (SSSR count). The van der Waals surface area contributed by atoms with Crippen molar-refractivity contribution in [1.29, 1.82) is 0 Å². The number of hydrogen-bond donors (Lipinski definition) is 2. The van der Waals surface area contributed by atoms with Gasteiger partial charge in [-0.3, -0.25) is 14.4 Å². The van der Waals surface area contributed by atoms with Gasteiger partial charge in [-0.1, -0.05) is 24.6 Å². The van der Waals surface area contributed by atoms with Crippen LogP contribution in [0.5, 0.6) is 0 Å². The fourth-order valence-electron chi connectivity index (χ4n) is 9.22. The summed E-state index contributed by atoms with van der Waals surface area (Å²) in [6.45, 7) is 3.55. The van der Waals surface area contributed by atoms with Gasteiger partial charge in [0, 0.05) is 42.2 Å². The minimum atomic E-state index is -2.22. The number of hydroxylamine groups is 2. The Labute approximate surface area is 227 Å². The molecule has 9 atom stereocenters.